The van der Waals surface area contributed by atoms with Crippen LogP contribution in [0.25, 0.3) is 16.9 Å². The van der Waals surface area contributed by atoms with Gasteiger partial charge in [0.1, 0.15) is 10.7 Å². The van der Waals surface area contributed by atoms with E-state index in [1.54, 1.807) is 24.2 Å². The van der Waals surface area contributed by atoms with Crippen LogP contribution in [0.4, 0.5) is 5.95 Å². The van der Waals surface area contributed by atoms with Gasteiger partial charge in [0.2, 0.25) is 5.95 Å². The van der Waals surface area contributed by atoms with Gasteiger partial charge in [-0.05, 0) is 23.9 Å². The summed E-state index contributed by atoms with van der Waals surface area (Å²) in [7, 11) is 0. The van der Waals surface area contributed by atoms with Gasteiger partial charge in [0, 0.05) is 36.1 Å². The minimum Gasteiger partial charge on any atom is -0.771 e. The fraction of sp³-hybridized carbons (Fsp3) is 0.529. The zero-order valence-electron chi connectivity index (χ0n) is 16.2. The third-order valence-corrected chi connectivity index (χ3v) is 6.30. The van der Waals surface area contributed by atoms with E-state index in [0.29, 0.717) is 16.8 Å². The molecule has 2 N–H and O–H groups in total. The van der Waals surface area contributed by atoms with Crippen LogP contribution >= 0.6 is 11.8 Å². The molecule has 1 atom stereocenters. The number of rotatable bonds is 7. The second kappa shape index (κ2) is 8.78. The van der Waals surface area contributed by atoms with Crippen LogP contribution in [0, 0.1) is 0 Å². The van der Waals surface area contributed by atoms with Crippen LogP contribution in [0.1, 0.15) is 26.7 Å². The van der Waals surface area contributed by atoms with Gasteiger partial charge in [-0.2, -0.15) is 10.1 Å². The number of piperidine rings is 1. The first-order valence-electron chi connectivity index (χ1n) is 9.46. The van der Waals surface area contributed by atoms with Crippen LogP contribution in [-0.4, -0.2) is 73.7 Å². The number of likely N-dealkylation sites (tertiary alicyclic amines) is 1. The van der Waals surface area contributed by atoms with Gasteiger partial charge in [-0.15, -0.1) is 16.9 Å². The topological polar surface area (TPSA) is 127 Å². The Morgan fingerprint density at radius 3 is 2.83 bits per heavy atom. The molecule has 1 aliphatic heterocycles. The van der Waals surface area contributed by atoms with Crippen molar-refractivity contribution in [3.63, 3.8) is 0 Å². The lowest BCUT2D eigenvalue weighted by Crippen LogP contribution is -2.40. The highest BCUT2D eigenvalue weighted by atomic mass is 32.2. The Bertz CT molecular complexity index is 983. The van der Waals surface area contributed by atoms with Crippen LogP contribution in [0.3, 0.4) is 0 Å². The number of thioether (sulfide) groups is 1. The molecule has 1 aliphatic rings. The molecule has 4 heterocycles. The molecule has 0 amide bonds. The first-order chi connectivity index (χ1) is 14.0. The number of H-pyrrole nitrogens is 1. The number of nitrogens with zero attached hydrogens (tertiary/aromatic N) is 6. The van der Waals surface area contributed by atoms with Crippen LogP contribution < -0.4 is 5.32 Å². The first-order valence-corrected chi connectivity index (χ1v) is 11.6. The number of nitrogens with one attached hydrogen (secondary N) is 2. The van der Waals surface area contributed by atoms with Crippen LogP contribution in [-0.2, 0) is 11.1 Å². The Hall–Kier alpha value is -2.02. The van der Waals surface area contributed by atoms with Crippen molar-refractivity contribution in [2.24, 2.45) is 0 Å². The molecule has 3 aromatic heterocycles. The van der Waals surface area contributed by atoms with Gasteiger partial charge in [-0.3, -0.25) is 14.2 Å². The maximum absolute atomic E-state index is 10.9. The minimum atomic E-state index is -2.03. The van der Waals surface area contributed by atoms with Crippen molar-refractivity contribution >= 4 is 34.4 Å². The summed E-state index contributed by atoms with van der Waals surface area (Å²) in [5, 5.41) is 16.2. The largest absolute Gasteiger partial charge is 0.771 e. The van der Waals surface area contributed by atoms with Crippen LogP contribution in [0.15, 0.2) is 23.6 Å². The molecule has 4 rings (SSSR count). The van der Waals surface area contributed by atoms with Crippen LogP contribution in [0.2, 0.25) is 0 Å². The zero-order chi connectivity index (χ0) is 20.4. The molecule has 0 radical (unpaired) electrons. The molecule has 29 heavy (non-hydrogen) atoms. The molecule has 0 saturated carbocycles. The van der Waals surface area contributed by atoms with Crippen molar-refractivity contribution in [2.75, 3.05) is 24.3 Å². The van der Waals surface area contributed by atoms with Crippen LogP contribution in [0.5, 0.6) is 0 Å². The molecule has 1 saturated heterocycles. The molecule has 1 fully saturated rings. The molecule has 1 unspecified atom stereocenters. The first kappa shape index (κ1) is 20.3. The number of hydrogen-bond donors (Lipinski definition) is 2. The normalized spacial score (nSPS) is 17.2. The van der Waals surface area contributed by atoms with E-state index in [9.17, 15) is 8.76 Å². The zero-order valence-corrected chi connectivity index (χ0v) is 17.9. The quantitative estimate of drug-likeness (QED) is 0.421. The van der Waals surface area contributed by atoms with E-state index >= 15 is 0 Å². The van der Waals surface area contributed by atoms with E-state index in [4.69, 9.17) is 0 Å². The SMILES string of the molecule is CC(C)Sc1c(-c2cn[nH]c2)ncc2nc(NC3CCN(CS(=O)[O-])CC3)nn12. The van der Waals surface area contributed by atoms with E-state index in [0.717, 1.165) is 42.2 Å². The van der Waals surface area contributed by atoms with Crippen molar-refractivity contribution in [3.05, 3.63) is 18.6 Å². The Morgan fingerprint density at radius 1 is 1.38 bits per heavy atom. The average Bonchev–Trinajstić information content (AvgIpc) is 3.32. The molecular formula is C17H23N8O2S2-. The molecule has 3 aromatic rings. The van der Waals surface area contributed by atoms with Crippen molar-refractivity contribution in [1.29, 1.82) is 0 Å². The highest BCUT2D eigenvalue weighted by molar-refractivity contribution is 7.99. The molecule has 0 bridgehead atoms. The predicted molar refractivity (Wildman–Crippen MR) is 111 cm³/mol. The van der Waals surface area contributed by atoms with Gasteiger partial charge in [0.15, 0.2) is 5.65 Å². The minimum absolute atomic E-state index is 0.0948. The van der Waals surface area contributed by atoms with Gasteiger partial charge in [0.05, 0.1) is 18.3 Å². The van der Waals surface area contributed by atoms with E-state index in [2.05, 4.69) is 44.4 Å². The van der Waals surface area contributed by atoms with E-state index in [-0.39, 0.29) is 11.9 Å². The fourth-order valence-electron chi connectivity index (χ4n) is 3.34. The van der Waals surface area contributed by atoms with E-state index in [1.807, 2.05) is 15.6 Å². The third-order valence-electron chi connectivity index (χ3n) is 4.66. The van der Waals surface area contributed by atoms with Gasteiger partial charge in [-0.1, -0.05) is 13.8 Å². The smallest absolute Gasteiger partial charge is 0.243 e. The summed E-state index contributed by atoms with van der Waals surface area (Å²) in [6, 6.07) is 0.214. The number of aromatic nitrogens is 6. The molecule has 0 spiro atoms. The summed E-state index contributed by atoms with van der Waals surface area (Å²) in [6.07, 6.45) is 6.98. The monoisotopic (exact) mass is 435 g/mol. The maximum Gasteiger partial charge on any atom is 0.243 e. The van der Waals surface area contributed by atoms with Crippen molar-refractivity contribution in [1.82, 2.24) is 34.7 Å². The van der Waals surface area contributed by atoms with Gasteiger partial charge in [-0.25, -0.2) is 9.50 Å². The second-order valence-electron chi connectivity index (χ2n) is 7.24. The molecule has 156 valence electrons. The maximum atomic E-state index is 10.9. The predicted octanol–water partition coefficient (Wildman–Crippen LogP) is 1.73. The van der Waals surface area contributed by atoms with Crippen molar-refractivity contribution < 1.29 is 8.76 Å². The lowest BCUT2D eigenvalue weighted by molar-refractivity contribution is 0.247. The Labute approximate surface area is 175 Å². The summed E-state index contributed by atoms with van der Waals surface area (Å²) >= 11 is -0.353. The van der Waals surface area contributed by atoms with Gasteiger partial charge >= 0.3 is 0 Å². The lowest BCUT2D eigenvalue weighted by atomic mass is 10.1. The summed E-state index contributed by atoms with van der Waals surface area (Å²) in [4.78, 5) is 11.1. The van der Waals surface area contributed by atoms with E-state index in [1.165, 1.54) is 0 Å². The summed E-state index contributed by atoms with van der Waals surface area (Å²) in [5.74, 6) is 0.657. The van der Waals surface area contributed by atoms with Gasteiger partial charge < -0.3 is 9.87 Å². The number of hydrogen-bond acceptors (Lipinski definition) is 9. The number of aromatic amines is 1. The highest BCUT2D eigenvalue weighted by Gasteiger charge is 2.22. The number of anilines is 1. The van der Waals surface area contributed by atoms with E-state index < -0.39 is 11.1 Å². The fourth-order valence-corrected chi connectivity index (χ4v) is 4.86. The lowest BCUT2D eigenvalue weighted by Gasteiger charge is -2.32. The Kier molecular flexibility index (Phi) is 6.13. The summed E-state index contributed by atoms with van der Waals surface area (Å²) < 4.78 is 23.6. The molecule has 0 aliphatic carbocycles. The average molecular weight is 436 g/mol. The second-order valence-corrected chi connectivity index (χ2v) is 9.67. The molecule has 0 aromatic carbocycles. The summed E-state index contributed by atoms with van der Waals surface area (Å²) in [5.41, 5.74) is 2.41. The molecule has 12 heteroatoms. The number of fused-ring (bicyclic) bond motifs is 1. The Balaban J connectivity index is 1.55. The standard InChI is InChI=1S/C17H24N8O2S2/c1-11(2)28-16-15(12-7-19-20-8-12)18-9-14-22-17(23-25(14)16)21-13-3-5-24(6-4-13)10-29(26)27/h7-9,11,13H,3-6,10H2,1-2H3,(H,19,20)(H,21,23)(H,26,27)/p-1. The highest BCUT2D eigenvalue weighted by Crippen LogP contribution is 2.32. The van der Waals surface area contributed by atoms with Gasteiger partial charge in [0.25, 0.3) is 0 Å². The van der Waals surface area contributed by atoms with Crippen molar-refractivity contribution in [2.45, 2.75) is 43.0 Å². The third kappa shape index (κ3) is 4.77. The Morgan fingerprint density at radius 2 is 2.17 bits per heavy atom. The summed E-state index contributed by atoms with van der Waals surface area (Å²) in [6.45, 7) is 5.72. The molecule has 10 nitrogen and oxygen atoms in total. The van der Waals surface area contributed by atoms with Crippen molar-refractivity contribution in [3.8, 4) is 11.3 Å². The molecular weight excluding hydrogens is 412 g/mol.